The standard InChI is InChI=1S/C18H15N7O/c26-18(15-6-8-20-17(10-15)25-13-19-12-22-25)23-16-7-9-21-24(16)11-14-4-2-1-3-5-14/h1-10,12-13H,11H2,(H,23,26). The van der Waals surface area contributed by atoms with Crippen molar-refractivity contribution in [1.29, 1.82) is 0 Å². The van der Waals surface area contributed by atoms with Gasteiger partial charge in [-0.25, -0.2) is 19.3 Å². The summed E-state index contributed by atoms with van der Waals surface area (Å²) in [5.74, 6) is 0.898. The van der Waals surface area contributed by atoms with Crippen LogP contribution in [0.3, 0.4) is 0 Å². The van der Waals surface area contributed by atoms with Crippen molar-refractivity contribution in [1.82, 2.24) is 29.5 Å². The van der Waals surface area contributed by atoms with Crippen LogP contribution in [0.1, 0.15) is 15.9 Å². The van der Waals surface area contributed by atoms with Gasteiger partial charge in [0.05, 0.1) is 12.7 Å². The van der Waals surface area contributed by atoms with Crippen LogP contribution in [0, 0.1) is 0 Å². The highest BCUT2D eigenvalue weighted by Gasteiger charge is 2.11. The molecular weight excluding hydrogens is 330 g/mol. The molecule has 0 aliphatic rings. The average molecular weight is 345 g/mol. The maximum atomic E-state index is 12.6. The van der Waals surface area contributed by atoms with Crippen LogP contribution in [-0.4, -0.2) is 35.4 Å². The molecule has 0 aliphatic carbocycles. The van der Waals surface area contributed by atoms with E-state index in [1.807, 2.05) is 30.3 Å². The summed E-state index contributed by atoms with van der Waals surface area (Å²) in [6.07, 6.45) is 6.16. The van der Waals surface area contributed by atoms with E-state index in [1.165, 1.54) is 17.3 Å². The Bertz CT molecular complexity index is 1010. The third-order valence-corrected chi connectivity index (χ3v) is 3.79. The molecule has 0 aliphatic heterocycles. The topological polar surface area (TPSA) is 90.5 Å². The quantitative estimate of drug-likeness (QED) is 0.598. The highest BCUT2D eigenvalue weighted by atomic mass is 16.1. The van der Waals surface area contributed by atoms with E-state index in [4.69, 9.17) is 0 Å². The minimum Gasteiger partial charge on any atom is -0.307 e. The minimum absolute atomic E-state index is 0.247. The lowest BCUT2D eigenvalue weighted by molar-refractivity contribution is 0.102. The molecule has 0 fully saturated rings. The SMILES string of the molecule is O=C(Nc1ccnn1Cc1ccccc1)c1ccnc(-n2cncn2)c1. The maximum Gasteiger partial charge on any atom is 0.256 e. The molecule has 0 spiro atoms. The molecule has 128 valence electrons. The fourth-order valence-corrected chi connectivity index (χ4v) is 2.52. The number of nitrogens with zero attached hydrogens (tertiary/aromatic N) is 6. The van der Waals surface area contributed by atoms with Gasteiger partial charge in [-0.1, -0.05) is 30.3 Å². The first-order valence-corrected chi connectivity index (χ1v) is 7.98. The number of anilines is 1. The second-order valence-electron chi connectivity index (χ2n) is 5.56. The van der Waals surface area contributed by atoms with Gasteiger partial charge in [0.2, 0.25) is 0 Å². The van der Waals surface area contributed by atoms with E-state index in [9.17, 15) is 4.79 Å². The molecule has 8 heteroatoms. The van der Waals surface area contributed by atoms with Gasteiger partial charge in [-0.15, -0.1) is 0 Å². The number of amides is 1. The number of nitrogens with one attached hydrogen (secondary N) is 1. The summed E-state index contributed by atoms with van der Waals surface area (Å²) in [4.78, 5) is 20.7. The maximum absolute atomic E-state index is 12.6. The summed E-state index contributed by atoms with van der Waals surface area (Å²) < 4.78 is 3.24. The zero-order valence-corrected chi connectivity index (χ0v) is 13.7. The number of carbonyl (C=O) groups is 1. The minimum atomic E-state index is -0.247. The molecule has 4 rings (SSSR count). The highest BCUT2D eigenvalue weighted by Crippen LogP contribution is 2.13. The van der Waals surface area contributed by atoms with Gasteiger partial charge in [-0.2, -0.15) is 10.2 Å². The fourth-order valence-electron chi connectivity index (χ4n) is 2.52. The third-order valence-electron chi connectivity index (χ3n) is 3.79. The lowest BCUT2D eigenvalue weighted by atomic mass is 10.2. The van der Waals surface area contributed by atoms with Crippen molar-refractivity contribution in [3.05, 3.63) is 84.7 Å². The molecule has 0 unspecified atom stereocenters. The predicted octanol–water partition coefficient (Wildman–Crippen LogP) is 2.16. The Morgan fingerprint density at radius 3 is 2.73 bits per heavy atom. The number of benzene rings is 1. The van der Waals surface area contributed by atoms with Crippen molar-refractivity contribution in [3.63, 3.8) is 0 Å². The summed E-state index contributed by atoms with van der Waals surface area (Å²) in [5, 5.41) is 11.2. The molecule has 4 aromatic rings. The first-order valence-electron chi connectivity index (χ1n) is 7.98. The molecule has 26 heavy (non-hydrogen) atoms. The van der Waals surface area contributed by atoms with Crippen LogP contribution >= 0.6 is 0 Å². The summed E-state index contributed by atoms with van der Waals surface area (Å²) in [5.41, 5.74) is 1.57. The largest absolute Gasteiger partial charge is 0.307 e. The number of carbonyl (C=O) groups excluding carboxylic acids is 1. The van der Waals surface area contributed by atoms with E-state index >= 15 is 0 Å². The third kappa shape index (κ3) is 3.34. The van der Waals surface area contributed by atoms with Gasteiger partial charge in [-0.3, -0.25) is 4.79 Å². The molecule has 8 nitrogen and oxygen atoms in total. The monoisotopic (exact) mass is 345 g/mol. The number of aromatic nitrogens is 6. The normalized spacial score (nSPS) is 10.6. The Hall–Kier alpha value is -3.81. The summed E-state index contributed by atoms with van der Waals surface area (Å²) in [6.45, 7) is 0.573. The fraction of sp³-hybridized carbons (Fsp3) is 0.0556. The number of hydrogen-bond donors (Lipinski definition) is 1. The molecule has 0 saturated heterocycles. The van der Waals surface area contributed by atoms with Gasteiger partial charge in [0.25, 0.3) is 5.91 Å². The zero-order chi connectivity index (χ0) is 17.8. The Morgan fingerprint density at radius 1 is 1.04 bits per heavy atom. The van der Waals surface area contributed by atoms with Gasteiger partial charge in [0.1, 0.15) is 18.5 Å². The molecule has 0 radical (unpaired) electrons. The van der Waals surface area contributed by atoms with E-state index in [1.54, 1.807) is 35.3 Å². The second-order valence-corrected chi connectivity index (χ2v) is 5.56. The molecule has 3 aromatic heterocycles. The zero-order valence-electron chi connectivity index (χ0n) is 13.7. The molecule has 1 aromatic carbocycles. The second kappa shape index (κ2) is 6.98. The highest BCUT2D eigenvalue weighted by molar-refractivity contribution is 6.04. The van der Waals surface area contributed by atoms with Crippen LogP contribution in [0.2, 0.25) is 0 Å². The van der Waals surface area contributed by atoms with Gasteiger partial charge in [0.15, 0.2) is 5.82 Å². The van der Waals surface area contributed by atoms with Crippen LogP contribution in [0.4, 0.5) is 5.82 Å². The summed E-state index contributed by atoms with van der Waals surface area (Å²) in [7, 11) is 0. The van der Waals surface area contributed by atoms with E-state index in [0.717, 1.165) is 5.56 Å². The van der Waals surface area contributed by atoms with E-state index < -0.39 is 0 Å². The smallest absolute Gasteiger partial charge is 0.256 e. The number of pyridine rings is 1. The Kier molecular flexibility index (Phi) is 4.21. The number of hydrogen-bond acceptors (Lipinski definition) is 5. The average Bonchev–Trinajstić information content (AvgIpc) is 3.35. The van der Waals surface area contributed by atoms with Crippen LogP contribution < -0.4 is 5.32 Å². The van der Waals surface area contributed by atoms with Crippen molar-refractivity contribution in [2.75, 3.05) is 5.32 Å². The first kappa shape index (κ1) is 15.7. The van der Waals surface area contributed by atoms with E-state index in [-0.39, 0.29) is 5.91 Å². The first-order chi connectivity index (χ1) is 12.8. The molecule has 1 amide bonds. The van der Waals surface area contributed by atoms with Crippen molar-refractivity contribution >= 4 is 11.7 Å². The Balaban J connectivity index is 1.53. The Morgan fingerprint density at radius 2 is 1.92 bits per heavy atom. The van der Waals surface area contributed by atoms with Gasteiger partial charge in [-0.05, 0) is 17.7 Å². The molecule has 0 bridgehead atoms. The molecule has 1 N–H and O–H groups in total. The Labute approximate surface area is 149 Å². The van der Waals surface area contributed by atoms with E-state index in [2.05, 4.69) is 25.5 Å². The van der Waals surface area contributed by atoms with Crippen molar-refractivity contribution < 1.29 is 4.79 Å². The van der Waals surface area contributed by atoms with Gasteiger partial charge >= 0.3 is 0 Å². The predicted molar refractivity (Wildman–Crippen MR) is 94.9 cm³/mol. The van der Waals surface area contributed by atoms with E-state index in [0.29, 0.717) is 23.7 Å². The summed E-state index contributed by atoms with van der Waals surface area (Å²) in [6, 6.07) is 15.0. The van der Waals surface area contributed by atoms with Crippen molar-refractivity contribution in [2.24, 2.45) is 0 Å². The van der Waals surface area contributed by atoms with Crippen molar-refractivity contribution in [3.8, 4) is 5.82 Å². The molecule has 0 saturated carbocycles. The number of rotatable bonds is 5. The lowest BCUT2D eigenvalue weighted by Gasteiger charge is -2.09. The van der Waals surface area contributed by atoms with Crippen molar-refractivity contribution in [2.45, 2.75) is 6.54 Å². The molecule has 3 heterocycles. The van der Waals surface area contributed by atoms with Crippen LogP contribution in [0.5, 0.6) is 0 Å². The van der Waals surface area contributed by atoms with Gasteiger partial charge < -0.3 is 5.32 Å². The van der Waals surface area contributed by atoms with Crippen LogP contribution in [0.15, 0.2) is 73.6 Å². The van der Waals surface area contributed by atoms with Gasteiger partial charge in [0, 0.05) is 17.8 Å². The lowest BCUT2D eigenvalue weighted by Crippen LogP contribution is -2.16. The van der Waals surface area contributed by atoms with Crippen LogP contribution in [-0.2, 0) is 6.54 Å². The molecular formula is C18H15N7O. The summed E-state index contributed by atoms with van der Waals surface area (Å²) >= 11 is 0. The van der Waals surface area contributed by atoms with Crippen LogP contribution in [0.25, 0.3) is 5.82 Å². The molecule has 0 atom stereocenters.